The van der Waals surface area contributed by atoms with Crippen LogP contribution in [0.2, 0.25) is 0 Å². The molecule has 0 aliphatic heterocycles. The minimum atomic E-state index is -0.729. The predicted molar refractivity (Wildman–Crippen MR) is 102 cm³/mol. The topological polar surface area (TPSA) is 56.0 Å². The van der Waals surface area contributed by atoms with Crippen molar-refractivity contribution in [2.75, 3.05) is 0 Å². The van der Waals surface area contributed by atoms with E-state index in [2.05, 4.69) is 9.97 Å². The van der Waals surface area contributed by atoms with Gasteiger partial charge in [0.05, 0.1) is 11.1 Å². The summed E-state index contributed by atoms with van der Waals surface area (Å²) in [5, 5.41) is 0.642. The van der Waals surface area contributed by atoms with E-state index in [0.29, 0.717) is 15.8 Å². The lowest BCUT2D eigenvalue weighted by molar-refractivity contribution is 0.0994. The van der Waals surface area contributed by atoms with Crippen LogP contribution in [-0.4, -0.2) is 15.8 Å². The molecule has 4 aromatic rings. The minimum absolute atomic E-state index is 0.232. The van der Waals surface area contributed by atoms with Crippen LogP contribution in [0.4, 0.5) is 8.78 Å². The number of carbonyl (C=O) groups excluding carboxylic acids is 1. The molecule has 4 rings (SSSR count). The fourth-order valence-corrected chi connectivity index (χ4v) is 3.76. The van der Waals surface area contributed by atoms with Gasteiger partial charge in [-0.05, 0) is 36.8 Å². The van der Waals surface area contributed by atoms with Crippen LogP contribution in [0.3, 0.4) is 0 Å². The molecule has 0 fully saturated rings. The number of halogens is 2. The lowest BCUT2D eigenvalue weighted by atomic mass is 10.1. The average Bonchev–Trinajstić information content (AvgIpc) is 3.37. The Morgan fingerprint density at radius 1 is 1.14 bits per heavy atom. The Bertz CT molecular complexity index is 1130. The summed E-state index contributed by atoms with van der Waals surface area (Å²) in [6.45, 7) is 1.94. The molecule has 0 N–H and O–H groups in total. The van der Waals surface area contributed by atoms with Gasteiger partial charge in [-0.3, -0.25) is 4.79 Å². The van der Waals surface area contributed by atoms with E-state index in [-0.39, 0.29) is 17.8 Å². The first-order chi connectivity index (χ1) is 13.5. The second kappa shape index (κ2) is 7.44. The number of hydrogen-bond donors (Lipinski definition) is 0. The number of hydrogen-bond acceptors (Lipinski definition) is 5. The van der Waals surface area contributed by atoms with Crippen LogP contribution in [0.25, 0.3) is 22.0 Å². The molecule has 2 aromatic heterocycles. The van der Waals surface area contributed by atoms with Gasteiger partial charge in [0.2, 0.25) is 5.89 Å². The molecule has 0 bridgehead atoms. The molecule has 0 atom stereocenters. The first-order valence-electron chi connectivity index (χ1n) is 8.45. The van der Waals surface area contributed by atoms with Gasteiger partial charge in [0, 0.05) is 29.3 Å². The van der Waals surface area contributed by atoms with Gasteiger partial charge in [-0.15, -0.1) is 11.3 Å². The van der Waals surface area contributed by atoms with Crippen LogP contribution in [0.5, 0.6) is 0 Å². The van der Waals surface area contributed by atoms with E-state index in [1.807, 2.05) is 25.1 Å². The fourth-order valence-electron chi connectivity index (χ4n) is 2.83. The van der Waals surface area contributed by atoms with Crippen LogP contribution in [-0.2, 0) is 6.42 Å². The molecule has 140 valence electrons. The van der Waals surface area contributed by atoms with Crippen LogP contribution < -0.4 is 0 Å². The van der Waals surface area contributed by atoms with Crippen LogP contribution in [0, 0.1) is 18.6 Å². The van der Waals surface area contributed by atoms with E-state index >= 15 is 0 Å². The molecule has 28 heavy (non-hydrogen) atoms. The Morgan fingerprint density at radius 2 is 1.93 bits per heavy atom. The molecule has 2 heterocycles. The molecule has 0 saturated carbocycles. The van der Waals surface area contributed by atoms with E-state index in [1.54, 1.807) is 6.20 Å². The van der Waals surface area contributed by atoms with Gasteiger partial charge in [0.15, 0.2) is 5.78 Å². The normalized spacial score (nSPS) is 11.0. The highest BCUT2D eigenvalue weighted by Gasteiger charge is 2.18. The summed E-state index contributed by atoms with van der Waals surface area (Å²) in [6, 6.07) is 9.26. The van der Waals surface area contributed by atoms with E-state index in [0.717, 1.165) is 28.8 Å². The smallest absolute Gasteiger partial charge is 0.225 e. The van der Waals surface area contributed by atoms with Crippen molar-refractivity contribution in [3.05, 3.63) is 82.7 Å². The molecule has 0 saturated heterocycles. The SMILES string of the molecule is Cc1ccc(-c2ncco2)cc1-c1ncc(C(=O)Cc2c(F)cccc2F)s1. The van der Waals surface area contributed by atoms with Crippen molar-refractivity contribution in [3.8, 4) is 22.0 Å². The number of benzene rings is 2. The molecule has 0 radical (unpaired) electrons. The summed E-state index contributed by atoms with van der Waals surface area (Å²) in [6.07, 6.45) is 4.15. The molecule has 7 heteroatoms. The van der Waals surface area contributed by atoms with Gasteiger partial charge in [0.25, 0.3) is 0 Å². The number of rotatable bonds is 5. The Kier molecular flexibility index (Phi) is 4.83. The third-order valence-electron chi connectivity index (χ3n) is 4.33. The molecule has 0 unspecified atom stereocenters. The maximum Gasteiger partial charge on any atom is 0.225 e. The highest BCUT2D eigenvalue weighted by atomic mass is 32.1. The lowest BCUT2D eigenvalue weighted by Crippen LogP contribution is -2.05. The van der Waals surface area contributed by atoms with Gasteiger partial charge in [-0.1, -0.05) is 12.1 Å². The van der Waals surface area contributed by atoms with Gasteiger partial charge < -0.3 is 4.42 Å². The van der Waals surface area contributed by atoms with Crippen molar-refractivity contribution < 1.29 is 18.0 Å². The van der Waals surface area contributed by atoms with Gasteiger partial charge >= 0.3 is 0 Å². The van der Waals surface area contributed by atoms with Crippen LogP contribution in [0.1, 0.15) is 20.8 Å². The van der Waals surface area contributed by atoms with E-state index < -0.39 is 11.6 Å². The summed E-state index contributed by atoms with van der Waals surface area (Å²) in [5.74, 6) is -1.35. The van der Waals surface area contributed by atoms with Gasteiger partial charge in [-0.25, -0.2) is 18.7 Å². The molecule has 0 aliphatic carbocycles. The number of aryl methyl sites for hydroxylation is 1. The Labute approximate surface area is 163 Å². The number of carbonyl (C=O) groups is 1. The van der Waals surface area contributed by atoms with Crippen molar-refractivity contribution in [2.45, 2.75) is 13.3 Å². The molecular weight excluding hydrogens is 382 g/mol. The average molecular weight is 396 g/mol. The van der Waals surface area contributed by atoms with E-state index in [1.165, 1.54) is 29.9 Å². The number of oxazole rings is 1. The Hall–Kier alpha value is -3.19. The summed E-state index contributed by atoms with van der Waals surface area (Å²) in [4.78, 5) is 21.3. The van der Waals surface area contributed by atoms with Crippen molar-refractivity contribution in [1.82, 2.24) is 9.97 Å². The quantitative estimate of drug-likeness (QED) is 0.419. The highest BCUT2D eigenvalue weighted by Crippen LogP contribution is 2.32. The van der Waals surface area contributed by atoms with E-state index in [9.17, 15) is 13.6 Å². The van der Waals surface area contributed by atoms with Gasteiger partial charge in [-0.2, -0.15) is 0 Å². The third kappa shape index (κ3) is 3.48. The fraction of sp³-hybridized carbons (Fsp3) is 0.0952. The highest BCUT2D eigenvalue weighted by molar-refractivity contribution is 7.17. The summed E-state index contributed by atoms with van der Waals surface area (Å²) in [5.41, 5.74) is 2.38. The van der Waals surface area contributed by atoms with Crippen LogP contribution in [0.15, 0.2) is 59.5 Å². The number of thiazole rings is 1. The minimum Gasteiger partial charge on any atom is -0.445 e. The second-order valence-electron chi connectivity index (χ2n) is 6.20. The van der Waals surface area contributed by atoms with Crippen molar-refractivity contribution in [1.29, 1.82) is 0 Å². The summed E-state index contributed by atoms with van der Waals surface area (Å²) < 4.78 is 32.9. The second-order valence-corrected chi connectivity index (χ2v) is 7.23. The molecule has 2 aromatic carbocycles. The Balaban J connectivity index is 1.63. The van der Waals surface area contributed by atoms with Crippen molar-refractivity contribution in [2.24, 2.45) is 0 Å². The molecule has 0 amide bonds. The zero-order valence-corrected chi connectivity index (χ0v) is 15.6. The van der Waals surface area contributed by atoms with Gasteiger partial charge in [0.1, 0.15) is 22.9 Å². The number of aromatic nitrogens is 2. The molecular formula is C21H14F2N2O2S. The first-order valence-corrected chi connectivity index (χ1v) is 9.27. The van der Waals surface area contributed by atoms with Crippen molar-refractivity contribution >= 4 is 17.1 Å². The monoisotopic (exact) mass is 396 g/mol. The third-order valence-corrected chi connectivity index (χ3v) is 5.40. The first kappa shape index (κ1) is 18.2. The van der Waals surface area contributed by atoms with Crippen molar-refractivity contribution in [3.63, 3.8) is 0 Å². The number of nitrogens with zero attached hydrogens (tertiary/aromatic N) is 2. The molecule has 0 aliphatic rings. The summed E-state index contributed by atoms with van der Waals surface area (Å²) >= 11 is 1.19. The largest absolute Gasteiger partial charge is 0.445 e. The summed E-state index contributed by atoms with van der Waals surface area (Å²) in [7, 11) is 0. The maximum absolute atomic E-state index is 13.8. The van der Waals surface area contributed by atoms with E-state index in [4.69, 9.17) is 4.42 Å². The number of Topliss-reactive ketones (excluding diaryl/α,β-unsaturated/α-hetero) is 1. The lowest BCUT2D eigenvalue weighted by Gasteiger charge is -2.04. The zero-order chi connectivity index (χ0) is 19.7. The standard InChI is InChI=1S/C21H14F2N2O2S/c1-12-5-6-13(20-24-7-8-27-20)9-14(12)21-25-11-19(28-21)18(26)10-15-16(22)3-2-4-17(15)23/h2-9,11H,10H2,1H3. The molecule has 0 spiro atoms. The predicted octanol–water partition coefficient (Wildman–Crippen LogP) is 5.48. The molecule has 4 nitrogen and oxygen atoms in total. The maximum atomic E-state index is 13.8. The Morgan fingerprint density at radius 3 is 2.64 bits per heavy atom. The number of ketones is 1. The zero-order valence-electron chi connectivity index (χ0n) is 14.8. The van der Waals surface area contributed by atoms with Crippen LogP contribution >= 0.6 is 11.3 Å².